The highest BCUT2D eigenvalue weighted by molar-refractivity contribution is 7.13. The number of anilines is 1. The first-order chi connectivity index (χ1) is 10.7. The number of aromatic nitrogens is 1. The van der Waals surface area contributed by atoms with Crippen LogP contribution in [0.1, 0.15) is 5.56 Å². The normalized spacial score (nSPS) is 10.7. The second-order valence-electron chi connectivity index (χ2n) is 4.11. The maximum Gasteiger partial charge on any atom is 0.268 e. The topological polar surface area (TPSA) is 84.2 Å². The summed E-state index contributed by atoms with van der Waals surface area (Å²) in [5.41, 5.74) is 0.590. The van der Waals surface area contributed by atoms with Crippen LogP contribution in [-0.2, 0) is 4.79 Å². The Kier molecular flexibility index (Phi) is 5.11. The van der Waals surface area contributed by atoms with Gasteiger partial charge in [-0.25, -0.2) is 4.98 Å². The summed E-state index contributed by atoms with van der Waals surface area (Å²) >= 11 is 1.28. The predicted molar refractivity (Wildman–Crippen MR) is 83.9 cm³/mol. The van der Waals surface area contributed by atoms with E-state index in [9.17, 15) is 10.1 Å². The van der Waals surface area contributed by atoms with E-state index < -0.39 is 5.91 Å². The maximum absolute atomic E-state index is 12.1. The van der Waals surface area contributed by atoms with E-state index in [0.717, 1.165) is 0 Å². The molecule has 0 aliphatic carbocycles. The fourth-order valence-electron chi connectivity index (χ4n) is 1.68. The molecular weight excluding hydrogens is 302 g/mol. The summed E-state index contributed by atoms with van der Waals surface area (Å²) in [5.74, 6) is 0.630. The number of rotatable bonds is 5. The Labute approximate surface area is 131 Å². The number of nitrogens with zero attached hydrogens (tertiary/aromatic N) is 2. The zero-order chi connectivity index (χ0) is 15.9. The summed E-state index contributed by atoms with van der Waals surface area (Å²) in [6.07, 6.45) is 3.04. The molecule has 0 fully saturated rings. The molecule has 0 atom stereocenters. The SMILES string of the molecule is COc1cc(/C=C(/C#N)C(=O)Nc2nccs2)cc(OC)c1. The Balaban J connectivity index is 2.28. The van der Waals surface area contributed by atoms with Crippen LogP contribution in [-0.4, -0.2) is 25.1 Å². The molecule has 1 aromatic carbocycles. The molecule has 1 amide bonds. The minimum Gasteiger partial charge on any atom is -0.497 e. The molecular formula is C15H13N3O3S. The lowest BCUT2D eigenvalue weighted by atomic mass is 10.1. The van der Waals surface area contributed by atoms with E-state index in [4.69, 9.17) is 9.47 Å². The number of methoxy groups -OCH3 is 2. The zero-order valence-electron chi connectivity index (χ0n) is 12.0. The number of amides is 1. The third-order valence-corrected chi connectivity index (χ3v) is 3.39. The fourth-order valence-corrected chi connectivity index (χ4v) is 2.20. The van der Waals surface area contributed by atoms with E-state index in [1.165, 1.54) is 31.6 Å². The van der Waals surface area contributed by atoms with Gasteiger partial charge in [0.05, 0.1) is 14.2 Å². The molecule has 1 N–H and O–H groups in total. The third-order valence-electron chi connectivity index (χ3n) is 2.70. The minimum absolute atomic E-state index is 0.0366. The van der Waals surface area contributed by atoms with Crippen molar-refractivity contribution in [2.24, 2.45) is 0 Å². The van der Waals surface area contributed by atoms with Crippen LogP contribution in [0.3, 0.4) is 0 Å². The first kappa shape index (κ1) is 15.5. The third kappa shape index (κ3) is 3.84. The van der Waals surface area contributed by atoms with Crippen LogP contribution < -0.4 is 14.8 Å². The van der Waals surface area contributed by atoms with Crippen LogP contribution in [0.5, 0.6) is 11.5 Å². The molecule has 112 valence electrons. The number of hydrogen-bond donors (Lipinski definition) is 1. The van der Waals surface area contributed by atoms with Gasteiger partial charge in [-0.3, -0.25) is 10.1 Å². The van der Waals surface area contributed by atoms with Crippen molar-refractivity contribution >= 4 is 28.5 Å². The van der Waals surface area contributed by atoms with Crippen molar-refractivity contribution in [1.29, 1.82) is 5.26 Å². The summed E-state index contributed by atoms with van der Waals surface area (Å²) in [4.78, 5) is 16.0. The van der Waals surface area contributed by atoms with E-state index in [0.29, 0.717) is 22.2 Å². The minimum atomic E-state index is -0.515. The lowest BCUT2D eigenvalue weighted by molar-refractivity contribution is -0.112. The fraction of sp³-hybridized carbons (Fsp3) is 0.133. The van der Waals surface area contributed by atoms with Crippen LogP contribution in [0.2, 0.25) is 0 Å². The Morgan fingerprint density at radius 3 is 2.50 bits per heavy atom. The Bertz CT molecular complexity index is 711. The molecule has 22 heavy (non-hydrogen) atoms. The molecule has 1 aromatic heterocycles. The lowest BCUT2D eigenvalue weighted by Gasteiger charge is -2.06. The number of nitrogens with one attached hydrogen (secondary N) is 1. The van der Waals surface area contributed by atoms with Crippen molar-refractivity contribution in [3.8, 4) is 17.6 Å². The van der Waals surface area contributed by atoms with E-state index in [-0.39, 0.29) is 5.57 Å². The molecule has 0 aliphatic rings. The van der Waals surface area contributed by atoms with Crippen molar-refractivity contribution in [2.45, 2.75) is 0 Å². The highest BCUT2D eigenvalue weighted by Gasteiger charge is 2.11. The molecule has 0 saturated carbocycles. The predicted octanol–water partition coefficient (Wildman–Crippen LogP) is 2.71. The smallest absolute Gasteiger partial charge is 0.268 e. The molecule has 0 saturated heterocycles. The van der Waals surface area contributed by atoms with Crippen molar-refractivity contribution in [1.82, 2.24) is 4.98 Å². The molecule has 0 bridgehead atoms. The van der Waals surface area contributed by atoms with Gasteiger partial charge in [-0.05, 0) is 23.8 Å². The number of carbonyl (C=O) groups excluding carboxylic acids is 1. The summed E-state index contributed by atoms with van der Waals surface area (Å²) in [5, 5.41) is 13.9. The largest absolute Gasteiger partial charge is 0.497 e. The van der Waals surface area contributed by atoms with Gasteiger partial charge in [0, 0.05) is 17.6 Å². The first-order valence-electron chi connectivity index (χ1n) is 6.22. The molecule has 0 radical (unpaired) electrons. The summed E-state index contributed by atoms with van der Waals surface area (Å²) in [7, 11) is 3.06. The Morgan fingerprint density at radius 1 is 1.32 bits per heavy atom. The van der Waals surface area contributed by atoms with Gasteiger partial charge in [0.1, 0.15) is 23.1 Å². The van der Waals surface area contributed by atoms with Crippen LogP contribution in [0.4, 0.5) is 5.13 Å². The second-order valence-corrected chi connectivity index (χ2v) is 5.00. The van der Waals surface area contributed by atoms with Crippen molar-refractivity contribution in [2.75, 3.05) is 19.5 Å². The maximum atomic E-state index is 12.1. The van der Waals surface area contributed by atoms with Gasteiger partial charge in [-0.15, -0.1) is 11.3 Å². The molecule has 7 heteroatoms. The first-order valence-corrected chi connectivity index (χ1v) is 7.10. The van der Waals surface area contributed by atoms with Crippen LogP contribution in [0, 0.1) is 11.3 Å². The zero-order valence-corrected chi connectivity index (χ0v) is 12.8. The molecule has 1 heterocycles. The van der Waals surface area contributed by atoms with Crippen molar-refractivity contribution in [3.63, 3.8) is 0 Å². The molecule has 0 unspecified atom stereocenters. The van der Waals surface area contributed by atoms with Gasteiger partial charge in [-0.1, -0.05) is 0 Å². The second kappa shape index (κ2) is 7.24. The molecule has 0 aliphatic heterocycles. The highest BCUT2D eigenvalue weighted by Crippen LogP contribution is 2.24. The van der Waals surface area contributed by atoms with E-state index in [1.807, 2.05) is 6.07 Å². The van der Waals surface area contributed by atoms with Crippen LogP contribution in [0.25, 0.3) is 6.08 Å². The van der Waals surface area contributed by atoms with E-state index >= 15 is 0 Å². The average Bonchev–Trinajstić information content (AvgIpc) is 3.04. The summed E-state index contributed by atoms with van der Waals surface area (Å²) in [6, 6.07) is 7.00. The van der Waals surface area contributed by atoms with E-state index in [1.54, 1.807) is 29.8 Å². The average molecular weight is 315 g/mol. The molecule has 2 rings (SSSR count). The summed E-state index contributed by atoms with van der Waals surface area (Å²) < 4.78 is 10.3. The van der Waals surface area contributed by atoms with Gasteiger partial charge in [0.2, 0.25) is 0 Å². The number of carbonyl (C=O) groups is 1. The number of hydrogen-bond acceptors (Lipinski definition) is 6. The molecule has 0 spiro atoms. The summed E-state index contributed by atoms with van der Waals surface area (Å²) in [6.45, 7) is 0. The quantitative estimate of drug-likeness (QED) is 0.677. The Hall–Kier alpha value is -2.85. The number of nitriles is 1. The molecule has 2 aromatic rings. The van der Waals surface area contributed by atoms with Gasteiger partial charge >= 0.3 is 0 Å². The molecule has 6 nitrogen and oxygen atoms in total. The van der Waals surface area contributed by atoms with Gasteiger partial charge < -0.3 is 9.47 Å². The van der Waals surface area contributed by atoms with Crippen molar-refractivity contribution in [3.05, 3.63) is 40.9 Å². The lowest BCUT2D eigenvalue weighted by Crippen LogP contribution is -2.13. The number of thiazole rings is 1. The van der Waals surface area contributed by atoms with Gasteiger partial charge in [0.15, 0.2) is 5.13 Å². The van der Waals surface area contributed by atoms with E-state index in [2.05, 4.69) is 10.3 Å². The Morgan fingerprint density at radius 2 is 2.00 bits per heavy atom. The van der Waals surface area contributed by atoms with Crippen molar-refractivity contribution < 1.29 is 14.3 Å². The monoisotopic (exact) mass is 315 g/mol. The number of ether oxygens (including phenoxy) is 2. The van der Waals surface area contributed by atoms with Crippen LogP contribution >= 0.6 is 11.3 Å². The van der Waals surface area contributed by atoms with Gasteiger partial charge in [-0.2, -0.15) is 5.26 Å². The van der Waals surface area contributed by atoms with Crippen LogP contribution in [0.15, 0.2) is 35.3 Å². The highest BCUT2D eigenvalue weighted by atomic mass is 32.1. The standard InChI is InChI=1S/C15H13N3O3S/c1-20-12-6-10(7-13(8-12)21-2)5-11(9-16)14(19)18-15-17-3-4-22-15/h3-8H,1-2H3,(H,17,18,19)/b11-5-. The number of benzene rings is 1. The van der Waals surface area contributed by atoms with Gasteiger partial charge in [0.25, 0.3) is 5.91 Å².